The zero-order valence-corrected chi connectivity index (χ0v) is 20.4. The SMILES string of the molecule is CC(C)P(=O)(Oc1ccc(C(C)(C)c2ccc(O)cc2)cc1)c1ccccc1.CCC. The number of phenols is 1. The van der Waals surface area contributed by atoms with E-state index in [1.807, 2.05) is 80.6 Å². The van der Waals surface area contributed by atoms with Crippen LogP contribution in [-0.2, 0) is 9.98 Å². The van der Waals surface area contributed by atoms with E-state index in [9.17, 15) is 9.67 Å². The van der Waals surface area contributed by atoms with Crippen molar-refractivity contribution in [3.8, 4) is 11.5 Å². The number of rotatable bonds is 6. The number of hydrogen-bond acceptors (Lipinski definition) is 3. The monoisotopic (exact) mass is 438 g/mol. The molecule has 0 fully saturated rings. The molecule has 0 aliphatic rings. The Kier molecular flexibility index (Phi) is 8.53. The van der Waals surface area contributed by atoms with Crippen molar-refractivity contribution in [2.24, 2.45) is 0 Å². The van der Waals surface area contributed by atoms with Gasteiger partial charge in [0.15, 0.2) is 0 Å². The van der Waals surface area contributed by atoms with Gasteiger partial charge in [-0.3, -0.25) is 4.57 Å². The van der Waals surface area contributed by atoms with E-state index in [-0.39, 0.29) is 16.8 Å². The molecule has 0 saturated carbocycles. The van der Waals surface area contributed by atoms with Gasteiger partial charge in [-0.15, -0.1) is 0 Å². The lowest BCUT2D eigenvalue weighted by molar-refractivity contribution is 0.474. The van der Waals surface area contributed by atoms with E-state index >= 15 is 0 Å². The molecule has 0 bridgehead atoms. The molecule has 0 aliphatic carbocycles. The minimum atomic E-state index is -3.01. The molecule has 0 saturated heterocycles. The van der Waals surface area contributed by atoms with Gasteiger partial charge in [-0.05, 0) is 47.5 Å². The summed E-state index contributed by atoms with van der Waals surface area (Å²) in [7, 11) is -3.01. The van der Waals surface area contributed by atoms with E-state index in [1.165, 1.54) is 6.42 Å². The van der Waals surface area contributed by atoms with Gasteiger partial charge in [-0.2, -0.15) is 0 Å². The van der Waals surface area contributed by atoms with Crippen LogP contribution in [0.5, 0.6) is 11.5 Å². The van der Waals surface area contributed by atoms with Crippen LogP contribution < -0.4 is 9.83 Å². The number of hydrogen-bond donors (Lipinski definition) is 1. The molecule has 1 unspecified atom stereocenters. The van der Waals surface area contributed by atoms with Gasteiger partial charge in [0.25, 0.3) is 7.37 Å². The summed E-state index contributed by atoms with van der Waals surface area (Å²) in [6.07, 6.45) is 1.25. The predicted octanol–water partition coefficient (Wildman–Crippen LogP) is 7.53. The lowest BCUT2D eigenvalue weighted by Crippen LogP contribution is -2.19. The highest BCUT2D eigenvalue weighted by Gasteiger charge is 2.32. The molecule has 3 aromatic rings. The summed E-state index contributed by atoms with van der Waals surface area (Å²) in [5, 5.41) is 10.3. The van der Waals surface area contributed by atoms with Crippen molar-refractivity contribution < 1.29 is 14.2 Å². The van der Waals surface area contributed by atoms with Gasteiger partial charge < -0.3 is 9.63 Å². The van der Waals surface area contributed by atoms with E-state index in [1.54, 1.807) is 12.1 Å². The largest absolute Gasteiger partial charge is 0.508 e. The van der Waals surface area contributed by atoms with Crippen LogP contribution in [-0.4, -0.2) is 10.8 Å². The molecular weight excluding hydrogens is 403 g/mol. The Morgan fingerprint density at radius 1 is 0.839 bits per heavy atom. The van der Waals surface area contributed by atoms with Crippen LogP contribution in [0.1, 0.15) is 59.1 Å². The van der Waals surface area contributed by atoms with Crippen molar-refractivity contribution in [2.45, 2.75) is 59.0 Å². The first-order chi connectivity index (χ1) is 14.6. The lowest BCUT2D eigenvalue weighted by Gasteiger charge is -2.27. The van der Waals surface area contributed by atoms with E-state index in [0.717, 1.165) is 16.4 Å². The summed E-state index contributed by atoms with van der Waals surface area (Å²) in [4.78, 5) is 0. The molecule has 0 aliphatic heterocycles. The van der Waals surface area contributed by atoms with Crippen molar-refractivity contribution in [1.29, 1.82) is 0 Å². The van der Waals surface area contributed by atoms with Gasteiger partial charge in [-0.1, -0.05) is 90.4 Å². The zero-order chi connectivity index (χ0) is 23.1. The minimum Gasteiger partial charge on any atom is -0.508 e. The number of benzene rings is 3. The van der Waals surface area contributed by atoms with Crippen molar-refractivity contribution in [3.05, 3.63) is 90.0 Å². The smallest absolute Gasteiger partial charge is 0.279 e. The molecule has 3 aromatic carbocycles. The van der Waals surface area contributed by atoms with Crippen LogP contribution in [0.25, 0.3) is 0 Å². The second-order valence-electron chi connectivity index (χ2n) is 8.52. The molecule has 0 radical (unpaired) electrons. The third-order valence-electron chi connectivity index (χ3n) is 5.20. The summed E-state index contributed by atoms with van der Waals surface area (Å²) in [5.74, 6) is 0.861. The summed E-state index contributed by atoms with van der Waals surface area (Å²) >= 11 is 0. The number of phenolic OH excluding ortho intramolecular Hbond substituents is 1. The van der Waals surface area contributed by atoms with E-state index < -0.39 is 7.37 Å². The summed E-state index contributed by atoms with van der Waals surface area (Å²) in [6, 6.07) is 24.5. The molecule has 4 heteroatoms. The summed E-state index contributed by atoms with van der Waals surface area (Å²) in [5.41, 5.74) is 1.87. The van der Waals surface area contributed by atoms with E-state index in [4.69, 9.17) is 4.52 Å². The minimum absolute atomic E-state index is 0.122. The standard InChI is InChI=1S/C24H27O3P.C3H8/c1-18(2)28(26,23-8-6-5-7-9-23)27-22-16-12-20(13-17-22)24(3,4)19-10-14-21(25)15-11-19;1-3-2/h5-18,25H,1-4H3;3H2,1-2H3. The van der Waals surface area contributed by atoms with Gasteiger partial charge >= 0.3 is 0 Å². The first-order valence-electron chi connectivity index (χ1n) is 10.9. The molecule has 0 aromatic heterocycles. The molecule has 166 valence electrons. The maximum atomic E-state index is 13.6. The fourth-order valence-electron chi connectivity index (χ4n) is 3.23. The predicted molar refractivity (Wildman–Crippen MR) is 132 cm³/mol. The first kappa shape index (κ1) is 24.8. The van der Waals surface area contributed by atoms with Crippen LogP contribution in [0.4, 0.5) is 0 Å². The zero-order valence-electron chi connectivity index (χ0n) is 19.5. The highest BCUT2D eigenvalue weighted by atomic mass is 31.2. The highest BCUT2D eigenvalue weighted by Crippen LogP contribution is 2.50. The Morgan fingerprint density at radius 3 is 1.74 bits per heavy atom. The van der Waals surface area contributed by atoms with Crippen molar-refractivity contribution >= 4 is 12.7 Å². The molecule has 0 spiro atoms. The van der Waals surface area contributed by atoms with E-state index in [2.05, 4.69) is 27.7 Å². The van der Waals surface area contributed by atoms with Crippen LogP contribution in [0.3, 0.4) is 0 Å². The Hall–Kier alpha value is -2.51. The van der Waals surface area contributed by atoms with Crippen LogP contribution in [0.15, 0.2) is 78.9 Å². The quantitative estimate of drug-likeness (QED) is 0.405. The average molecular weight is 439 g/mol. The molecular formula is C27H35O3P. The molecule has 0 amide bonds. The lowest BCUT2D eigenvalue weighted by atomic mass is 9.78. The third-order valence-corrected chi connectivity index (χ3v) is 8.06. The molecule has 3 rings (SSSR count). The third kappa shape index (κ3) is 6.02. The Labute approximate surface area is 187 Å². The fraction of sp³-hybridized carbons (Fsp3) is 0.333. The highest BCUT2D eigenvalue weighted by molar-refractivity contribution is 7.68. The Bertz CT molecular complexity index is 975. The van der Waals surface area contributed by atoms with Crippen LogP contribution in [0.2, 0.25) is 0 Å². The molecule has 1 N–H and O–H groups in total. The normalized spacial score (nSPS) is 13.1. The maximum Gasteiger partial charge on any atom is 0.279 e. The van der Waals surface area contributed by atoms with Gasteiger partial charge in [0.2, 0.25) is 0 Å². The first-order valence-corrected chi connectivity index (χ1v) is 12.6. The fourth-order valence-corrected chi connectivity index (χ4v) is 5.16. The van der Waals surface area contributed by atoms with Crippen LogP contribution in [0, 0.1) is 0 Å². The summed E-state index contributed by atoms with van der Waals surface area (Å²) in [6.45, 7) is 12.4. The van der Waals surface area contributed by atoms with Crippen molar-refractivity contribution in [1.82, 2.24) is 0 Å². The molecule has 0 heterocycles. The topological polar surface area (TPSA) is 46.5 Å². The van der Waals surface area contributed by atoms with Crippen molar-refractivity contribution in [3.63, 3.8) is 0 Å². The Morgan fingerprint density at radius 2 is 1.29 bits per heavy atom. The van der Waals surface area contributed by atoms with Gasteiger partial charge in [0, 0.05) is 16.4 Å². The van der Waals surface area contributed by atoms with Gasteiger partial charge in [0.05, 0.1) is 0 Å². The van der Waals surface area contributed by atoms with Crippen LogP contribution >= 0.6 is 7.37 Å². The van der Waals surface area contributed by atoms with E-state index in [0.29, 0.717) is 5.75 Å². The second-order valence-corrected chi connectivity index (χ2v) is 11.4. The summed E-state index contributed by atoms with van der Waals surface area (Å²) < 4.78 is 19.6. The molecule has 31 heavy (non-hydrogen) atoms. The maximum absolute atomic E-state index is 13.6. The molecule has 3 nitrogen and oxygen atoms in total. The van der Waals surface area contributed by atoms with Gasteiger partial charge in [0.1, 0.15) is 11.5 Å². The Balaban J connectivity index is 0.00000107. The number of aromatic hydroxyl groups is 1. The van der Waals surface area contributed by atoms with Crippen molar-refractivity contribution in [2.75, 3.05) is 0 Å². The molecule has 1 atom stereocenters. The average Bonchev–Trinajstić information content (AvgIpc) is 2.75. The second kappa shape index (κ2) is 10.7. The van der Waals surface area contributed by atoms with Gasteiger partial charge in [-0.25, -0.2) is 0 Å².